The Morgan fingerprint density at radius 3 is 2.65 bits per heavy atom. The topological polar surface area (TPSA) is 62.6 Å². The quantitative estimate of drug-likeness (QED) is 0.932. The maximum atomic E-state index is 12.6. The highest BCUT2D eigenvalue weighted by Crippen LogP contribution is 2.22. The number of carbonyl (C=O) groups is 2. The molecular weight excluding hydrogens is 292 g/mol. The number of hydrogen-bond donors (Lipinski definition) is 1. The van der Waals surface area contributed by atoms with Crippen molar-refractivity contribution in [2.24, 2.45) is 5.92 Å². The predicted molar refractivity (Wildman–Crippen MR) is 87.1 cm³/mol. The Bertz CT molecular complexity index is 560. The molecule has 1 aromatic rings. The van der Waals surface area contributed by atoms with E-state index in [2.05, 4.69) is 5.32 Å². The van der Waals surface area contributed by atoms with E-state index in [0.717, 1.165) is 32.2 Å². The smallest absolute Gasteiger partial charge is 0.257 e. The van der Waals surface area contributed by atoms with Crippen LogP contribution in [0.5, 0.6) is 0 Å². The summed E-state index contributed by atoms with van der Waals surface area (Å²) in [5, 5.41) is 3.20. The SMILES string of the molecule is Cc1occc1C(=O)N1CCCC(C(=O)NC2CCCCC2)C1. The first-order valence-electron chi connectivity index (χ1n) is 8.79. The van der Waals surface area contributed by atoms with Crippen LogP contribution in [0.3, 0.4) is 0 Å². The number of amides is 2. The number of rotatable bonds is 3. The number of nitrogens with one attached hydrogen (secondary N) is 1. The normalized spacial score (nSPS) is 22.8. The minimum Gasteiger partial charge on any atom is -0.469 e. The number of piperidine rings is 1. The third kappa shape index (κ3) is 3.77. The molecule has 1 unspecified atom stereocenters. The molecular formula is C18H26N2O3. The van der Waals surface area contributed by atoms with Crippen LogP contribution < -0.4 is 5.32 Å². The van der Waals surface area contributed by atoms with Gasteiger partial charge in [-0.05, 0) is 38.7 Å². The van der Waals surface area contributed by atoms with Gasteiger partial charge in [0.05, 0.1) is 17.7 Å². The second kappa shape index (κ2) is 7.20. The highest BCUT2D eigenvalue weighted by molar-refractivity contribution is 5.95. The molecule has 1 aliphatic heterocycles. The van der Waals surface area contributed by atoms with Crippen molar-refractivity contribution in [3.05, 3.63) is 23.7 Å². The lowest BCUT2D eigenvalue weighted by Gasteiger charge is -2.33. The van der Waals surface area contributed by atoms with Crippen molar-refractivity contribution in [1.82, 2.24) is 10.2 Å². The average molecular weight is 318 g/mol. The van der Waals surface area contributed by atoms with Gasteiger partial charge in [0.1, 0.15) is 5.76 Å². The van der Waals surface area contributed by atoms with E-state index in [1.54, 1.807) is 24.2 Å². The summed E-state index contributed by atoms with van der Waals surface area (Å²) < 4.78 is 5.22. The molecule has 0 aromatic carbocycles. The fraction of sp³-hybridized carbons (Fsp3) is 0.667. The summed E-state index contributed by atoms with van der Waals surface area (Å²) >= 11 is 0. The fourth-order valence-corrected chi connectivity index (χ4v) is 3.72. The van der Waals surface area contributed by atoms with Crippen molar-refractivity contribution in [1.29, 1.82) is 0 Å². The van der Waals surface area contributed by atoms with E-state index in [9.17, 15) is 9.59 Å². The van der Waals surface area contributed by atoms with Crippen LogP contribution in [0.25, 0.3) is 0 Å². The number of carbonyl (C=O) groups excluding carboxylic acids is 2. The first kappa shape index (κ1) is 16.1. The number of nitrogens with zero attached hydrogens (tertiary/aromatic N) is 1. The summed E-state index contributed by atoms with van der Waals surface area (Å²) in [4.78, 5) is 26.9. The molecule has 126 valence electrons. The number of aryl methyl sites for hydroxylation is 1. The van der Waals surface area contributed by atoms with Gasteiger partial charge in [-0.3, -0.25) is 9.59 Å². The van der Waals surface area contributed by atoms with Crippen LogP contribution in [0, 0.1) is 12.8 Å². The number of likely N-dealkylation sites (tertiary alicyclic amines) is 1. The Hall–Kier alpha value is -1.78. The predicted octanol–water partition coefficient (Wildman–Crippen LogP) is 2.89. The van der Waals surface area contributed by atoms with Crippen LogP contribution >= 0.6 is 0 Å². The minimum absolute atomic E-state index is 0.0218. The third-order valence-electron chi connectivity index (χ3n) is 5.12. The van der Waals surface area contributed by atoms with E-state index in [4.69, 9.17) is 4.42 Å². The van der Waals surface area contributed by atoms with Crippen LogP contribution in [0.4, 0.5) is 0 Å². The standard InChI is InChI=1S/C18H26N2O3/c1-13-16(9-11-23-13)18(22)20-10-5-6-14(12-20)17(21)19-15-7-3-2-4-8-15/h9,11,14-15H,2-8,10,12H2,1H3,(H,19,21). The van der Waals surface area contributed by atoms with E-state index in [1.165, 1.54) is 19.3 Å². The monoisotopic (exact) mass is 318 g/mol. The molecule has 5 nitrogen and oxygen atoms in total. The summed E-state index contributed by atoms with van der Waals surface area (Å²) in [5.41, 5.74) is 0.610. The van der Waals surface area contributed by atoms with Crippen molar-refractivity contribution in [2.45, 2.75) is 57.9 Å². The van der Waals surface area contributed by atoms with Crippen LogP contribution in [-0.4, -0.2) is 35.8 Å². The second-order valence-corrected chi connectivity index (χ2v) is 6.82. The molecule has 5 heteroatoms. The van der Waals surface area contributed by atoms with E-state index >= 15 is 0 Å². The van der Waals surface area contributed by atoms with Crippen LogP contribution in [0.1, 0.15) is 61.1 Å². The molecule has 1 saturated carbocycles. The van der Waals surface area contributed by atoms with Gasteiger partial charge in [-0.2, -0.15) is 0 Å². The lowest BCUT2D eigenvalue weighted by molar-refractivity contribution is -0.127. The molecule has 1 saturated heterocycles. The zero-order valence-electron chi connectivity index (χ0n) is 13.8. The van der Waals surface area contributed by atoms with Crippen LogP contribution in [0.15, 0.2) is 16.7 Å². The Morgan fingerprint density at radius 1 is 1.17 bits per heavy atom. The first-order chi connectivity index (χ1) is 11.1. The fourth-order valence-electron chi connectivity index (χ4n) is 3.72. The molecule has 0 bridgehead atoms. The van der Waals surface area contributed by atoms with Gasteiger partial charge in [-0.25, -0.2) is 0 Å². The van der Waals surface area contributed by atoms with Crippen molar-refractivity contribution in [3.8, 4) is 0 Å². The molecule has 3 rings (SSSR count). The van der Waals surface area contributed by atoms with Gasteiger partial charge in [0.2, 0.25) is 5.91 Å². The molecule has 0 radical (unpaired) electrons. The van der Waals surface area contributed by atoms with Crippen molar-refractivity contribution in [3.63, 3.8) is 0 Å². The number of hydrogen-bond acceptors (Lipinski definition) is 3. The molecule has 1 aromatic heterocycles. The molecule has 2 fully saturated rings. The Balaban J connectivity index is 1.58. The summed E-state index contributed by atoms with van der Waals surface area (Å²) in [5.74, 6) is 0.662. The minimum atomic E-state index is -0.0816. The lowest BCUT2D eigenvalue weighted by Crippen LogP contribution is -2.48. The second-order valence-electron chi connectivity index (χ2n) is 6.82. The molecule has 0 spiro atoms. The third-order valence-corrected chi connectivity index (χ3v) is 5.12. The van der Waals surface area contributed by atoms with Crippen molar-refractivity contribution in [2.75, 3.05) is 13.1 Å². The molecule has 2 heterocycles. The number of furan rings is 1. The van der Waals surface area contributed by atoms with E-state index < -0.39 is 0 Å². The van der Waals surface area contributed by atoms with Gasteiger partial charge in [0.25, 0.3) is 5.91 Å². The van der Waals surface area contributed by atoms with E-state index in [-0.39, 0.29) is 17.7 Å². The van der Waals surface area contributed by atoms with Gasteiger partial charge in [0.15, 0.2) is 0 Å². The van der Waals surface area contributed by atoms with Gasteiger partial charge in [0, 0.05) is 19.1 Å². The van der Waals surface area contributed by atoms with E-state index in [0.29, 0.717) is 23.9 Å². The average Bonchev–Trinajstić information content (AvgIpc) is 3.01. The molecule has 2 amide bonds. The van der Waals surface area contributed by atoms with Crippen LogP contribution in [-0.2, 0) is 4.79 Å². The maximum absolute atomic E-state index is 12.6. The Kier molecular flexibility index (Phi) is 5.03. The Morgan fingerprint density at radius 2 is 1.96 bits per heavy atom. The summed E-state index contributed by atoms with van der Waals surface area (Å²) in [7, 11) is 0. The molecule has 23 heavy (non-hydrogen) atoms. The van der Waals surface area contributed by atoms with Gasteiger partial charge < -0.3 is 14.6 Å². The van der Waals surface area contributed by atoms with Gasteiger partial charge >= 0.3 is 0 Å². The zero-order valence-corrected chi connectivity index (χ0v) is 13.8. The molecule has 2 aliphatic rings. The molecule has 1 N–H and O–H groups in total. The first-order valence-corrected chi connectivity index (χ1v) is 8.79. The van der Waals surface area contributed by atoms with Crippen LogP contribution in [0.2, 0.25) is 0 Å². The lowest BCUT2D eigenvalue weighted by atomic mass is 9.93. The van der Waals surface area contributed by atoms with Crippen molar-refractivity contribution >= 4 is 11.8 Å². The molecule has 1 aliphatic carbocycles. The maximum Gasteiger partial charge on any atom is 0.257 e. The highest BCUT2D eigenvalue weighted by Gasteiger charge is 2.31. The summed E-state index contributed by atoms with van der Waals surface area (Å²) in [6.45, 7) is 3.03. The van der Waals surface area contributed by atoms with Gasteiger partial charge in [-0.15, -0.1) is 0 Å². The van der Waals surface area contributed by atoms with Gasteiger partial charge in [-0.1, -0.05) is 19.3 Å². The Labute approximate surface area is 137 Å². The highest BCUT2D eigenvalue weighted by atomic mass is 16.3. The van der Waals surface area contributed by atoms with Crippen molar-refractivity contribution < 1.29 is 14.0 Å². The zero-order chi connectivity index (χ0) is 16.2. The largest absolute Gasteiger partial charge is 0.469 e. The molecule has 1 atom stereocenters. The summed E-state index contributed by atoms with van der Waals surface area (Å²) in [6, 6.07) is 2.04. The van der Waals surface area contributed by atoms with E-state index in [1.807, 2.05) is 0 Å². The summed E-state index contributed by atoms with van der Waals surface area (Å²) in [6.07, 6.45) is 9.17.